The molecule has 0 fully saturated rings. The fourth-order valence-electron chi connectivity index (χ4n) is 4.21. The van der Waals surface area contributed by atoms with Crippen molar-refractivity contribution in [1.29, 1.82) is 0 Å². The van der Waals surface area contributed by atoms with Crippen molar-refractivity contribution in [3.63, 3.8) is 0 Å². The first-order chi connectivity index (χ1) is 14.5. The maximum atomic E-state index is 11.9. The van der Waals surface area contributed by atoms with Crippen LogP contribution in [-0.2, 0) is 19.4 Å². The number of fused-ring (bicyclic) bond motifs is 2. The van der Waals surface area contributed by atoms with Crippen LogP contribution in [0.1, 0.15) is 29.2 Å². The molecular formula is C24H28NO5+. The van der Waals surface area contributed by atoms with Crippen LogP contribution in [0, 0.1) is 6.92 Å². The molecule has 6 heteroatoms. The normalized spacial score (nSPS) is 15.5. The Balaban J connectivity index is 1.55. The van der Waals surface area contributed by atoms with Crippen molar-refractivity contribution in [3.05, 3.63) is 63.0 Å². The van der Waals surface area contributed by atoms with Gasteiger partial charge >= 0.3 is 5.63 Å². The molecule has 0 spiro atoms. The van der Waals surface area contributed by atoms with E-state index >= 15 is 0 Å². The number of methoxy groups -OCH3 is 2. The molecule has 0 amide bonds. The van der Waals surface area contributed by atoms with Crippen LogP contribution >= 0.6 is 0 Å². The van der Waals surface area contributed by atoms with E-state index in [2.05, 4.69) is 19.1 Å². The Morgan fingerprint density at radius 2 is 1.90 bits per heavy atom. The molecule has 1 aliphatic rings. The molecule has 1 atom stereocenters. The van der Waals surface area contributed by atoms with E-state index in [0.717, 1.165) is 65.3 Å². The largest absolute Gasteiger partial charge is 0.493 e. The minimum absolute atomic E-state index is 0.305. The van der Waals surface area contributed by atoms with Gasteiger partial charge in [-0.2, -0.15) is 0 Å². The van der Waals surface area contributed by atoms with Gasteiger partial charge < -0.3 is 18.6 Å². The molecule has 1 aliphatic heterocycles. The van der Waals surface area contributed by atoms with E-state index in [9.17, 15) is 4.79 Å². The van der Waals surface area contributed by atoms with E-state index in [0.29, 0.717) is 12.3 Å². The highest BCUT2D eigenvalue weighted by molar-refractivity contribution is 5.86. The molecule has 1 unspecified atom stereocenters. The van der Waals surface area contributed by atoms with Crippen molar-refractivity contribution >= 4 is 11.0 Å². The number of hydrogen-bond donors (Lipinski definition) is 1. The number of rotatable bonds is 6. The highest BCUT2D eigenvalue weighted by atomic mass is 16.5. The van der Waals surface area contributed by atoms with Crippen molar-refractivity contribution in [2.45, 2.75) is 33.2 Å². The monoisotopic (exact) mass is 410 g/mol. The lowest BCUT2D eigenvalue weighted by molar-refractivity contribution is -0.932. The van der Waals surface area contributed by atoms with Crippen LogP contribution in [0.5, 0.6) is 17.2 Å². The molecule has 2 heterocycles. The van der Waals surface area contributed by atoms with Gasteiger partial charge in [-0.05, 0) is 42.7 Å². The van der Waals surface area contributed by atoms with Crippen molar-refractivity contribution in [3.8, 4) is 17.2 Å². The van der Waals surface area contributed by atoms with Gasteiger partial charge in [0.05, 0.1) is 20.8 Å². The summed E-state index contributed by atoms with van der Waals surface area (Å²) in [5.74, 6) is 2.35. The summed E-state index contributed by atoms with van der Waals surface area (Å²) in [6, 6.07) is 9.78. The summed E-state index contributed by atoms with van der Waals surface area (Å²) in [5, 5.41) is 1.01. The Morgan fingerprint density at radius 1 is 1.10 bits per heavy atom. The Hall–Kier alpha value is -2.99. The molecule has 0 saturated carbocycles. The Bertz CT molecular complexity index is 1130. The van der Waals surface area contributed by atoms with Gasteiger partial charge in [0.2, 0.25) is 6.73 Å². The van der Waals surface area contributed by atoms with Crippen molar-refractivity contribution < 1.29 is 23.5 Å². The first-order valence-corrected chi connectivity index (χ1v) is 10.3. The van der Waals surface area contributed by atoms with Crippen LogP contribution in [0.3, 0.4) is 0 Å². The molecule has 2 aromatic carbocycles. The second kappa shape index (κ2) is 8.40. The van der Waals surface area contributed by atoms with Crippen LogP contribution in [0.25, 0.3) is 11.0 Å². The van der Waals surface area contributed by atoms with Crippen molar-refractivity contribution in [2.24, 2.45) is 0 Å². The second-order valence-electron chi connectivity index (χ2n) is 7.72. The maximum absolute atomic E-state index is 11.9. The third-order valence-electron chi connectivity index (χ3n) is 5.83. The summed E-state index contributed by atoms with van der Waals surface area (Å²) in [6.07, 6.45) is 1.70. The Labute approximate surface area is 176 Å². The second-order valence-corrected chi connectivity index (χ2v) is 7.72. The highest BCUT2D eigenvalue weighted by Gasteiger charge is 2.25. The van der Waals surface area contributed by atoms with Gasteiger partial charge in [0.25, 0.3) is 0 Å². The molecule has 0 bridgehead atoms. The van der Waals surface area contributed by atoms with E-state index in [1.165, 1.54) is 10.5 Å². The predicted molar refractivity (Wildman–Crippen MR) is 115 cm³/mol. The fraction of sp³-hybridized carbons (Fsp3) is 0.375. The minimum Gasteiger partial charge on any atom is -0.493 e. The lowest BCUT2D eigenvalue weighted by atomic mass is 9.99. The van der Waals surface area contributed by atoms with E-state index in [-0.39, 0.29) is 5.63 Å². The molecule has 158 valence electrons. The molecule has 4 rings (SSSR count). The van der Waals surface area contributed by atoms with Crippen LogP contribution in [0.4, 0.5) is 0 Å². The summed E-state index contributed by atoms with van der Waals surface area (Å²) in [4.78, 5) is 13.3. The van der Waals surface area contributed by atoms with Gasteiger partial charge in [-0.3, -0.25) is 4.90 Å². The lowest BCUT2D eigenvalue weighted by Gasteiger charge is -2.28. The van der Waals surface area contributed by atoms with Gasteiger partial charge in [0.15, 0.2) is 11.5 Å². The molecule has 1 aromatic heterocycles. The molecule has 0 saturated heterocycles. The van der Waals surface area contributed by atoms with Crippen molar-refractivity contribution in [1.82, 2.24) is 0 Å². The van der Waals surface area contributed by atoms with Crippen LogP contribution < -0.4 is 24.7 Å². The summed E-state index contributed by atoms with van der Waals surface area (Å²) in [6.45, 7) is 6.43. The minimum atomic E-state index is -0.305. The van der Waals surface area contributed by atoms with Gasteiger partial charge in [0, 0.05) is 29.0 Å². The summed E-state index contributed by atoms with van der Waals surface area (Å²) < 4.78 is 22.4. The number of benzene rings is 2. The van der Waals surface area contributed by atoms with Gasteiger partial charge in [-0.1, -0.05) is 13.0 Å². The van der Waals surface area contributed by atoms with E-state index < -0.39 is 0 Å². The molecule has 0 aliphatic carbocycles. The first kappa shape index (κ1) is 20.3. The molecular weight excluding hydrogens is 382 g/mol. The summed E-state index contributed by atoms with van der Waals surface area (Å²) in [7, 11) is 3.30. The number of quaternary nitrogens is 1. The predicted octanol–water partition coefficient (Wildman–Crippen LogP) is 2.66. The number of aryl methyl sites for hydroxylation is 2. The van der Waals surface area contributed by atoms with Gasteiger partial charge in [-0.25, -0.2) is 4.79 Å². The summed E-state index contributed by atoms with van der Waals surface area (Å²) >= 11 is 0. The number of hydrogen-bond acceptors (Lipinski definition) is 5. The Kier molecular flexibility index (Phi) is 5.68. The maximum Gasteiger partial charge on any atom is 0.336 e. The molecule has 3 aromatic rings. The zero-order valence-electron chi connectivity index (χ0n) is 18.0. The molecule has 6 nitrogen and oxygen atoms in total. The lowest BCUT2D eigenvalue weighted by Crippen LogP contribution is -3.12. The number of ether oxygens (including phenoxy) is 3. The quantitative estimate of drug-likeness (QED) is 0.633. The van der Waals surface area contributed by atoms with Crippen LogP contribution in [0.2, 0.25) is 0 Å². The van der Waals surface area contributed by atoms with Gasteiger partial charge in [-0.15, -0.1) is 0 Å². The zero-order chi connectivity index (χ0) is 21.3. The fourth-order valence-corrected chi connectivity index (χ4v) is 4.21. The van der Waals surface area contributed by atoms with Gasteiger partial charge in [0.1, 0.15) is 17.9 Å². The summed E-state index contributed by atoms with van der Waals surface area (Å²) in [5.41, 5.74) is 4.64. The van der Waals surface area contributed by atoms with Crippen molar-refractivity contribution in [2.75, 3.05) is 27.5 Å². The molecule has 30 heavy (non-hydrogen) atoms. The smallest absolute Gasteiger partial charge is 0.336 e. The van der Waals surface area contributed by atoms with E-state index in [1.807, 2.05) is 19.1 Å². The van der Waals surface area contributed by atoms with Crippen LogP contribution in [-0.4, -0.2) is 27.5 Å². The Morgan fingerprint density at radius 3 is 2.63 bits per heavy atom. The third-order valence-corrected chi connectivity index (χ3v) is 5.83. The van der Waals surface area contributed by atoms with E-state index in [4.69, 9.17) is 18.6 Å². The number of nitrogens with one attached hydrogen (secondary N) is 1. The third kappa shape index (κ3) is 3.75. The molecule has 1 N–H and O–H groups in total. The first-order valence-electron chi connectivity index (χ1n) is 10.3. The van der Waals surface area contributed by atoms with E-state index in [1.54, 1.807) is 20.3 Å². The molecule has 0 radical (unpaired) electrons. The standard InChI is InChI=1S/C24H27NO5/c1-5-17-12-22(26)30-24-15(2)23-18(11-19(17)24)13-25(14-29-23)9-8-16-6-7-20(27-3)21(10-16)28-4/h6-7,10-12H,5,8-9,13-14H2,1-4H3/p+1. The van der Waals surface area contributed by atoms with Crippen LogP contribution in [0.15, 0.2) is 39.5 Å². The SMILES string of the molecule is CCc1cc(=O)oc2c(C)c3c(cc12)C[NH+](CCc1ccc(OC)c(OC)c1)CO3. The zero-order valence-corrected chi connectivity index (χ0v) is 18.0. The average Bonchev–Trinajstić information content (AvgIpc) is 2.77. The average molecular weight is 410 g/mol. The topological polar surface area (TPSA) is 62.3 Å². The highest BCUT2D eigenvalue weighted by Crippen LogP contribution is 2.33.